The molecule has 0 aliphatic heterocycles. The van der Waals surface area contributed by atoms with E-state index in [1.807, 2.05) is 61.9 Å². The maximum atomic E-state index is 12.4. The Balaban J connectivity index is 1.81. The van der Waals surface area contributed by atoms with Crippen molar-refractivity contribution in [3.63, 3.8) is 0 Å². The first kappa shape index (κ1) is 13.5. The molecule has 0 atom stereocenters. The molecule has 108 valence electrons. The summed E-state index contributed by atoms with van der Waals surface area (Å²) in [6.45, 7) is 4.29. The molecule has 1 amide bonds. The molecule has 21 heavy (non-hydrogen) atoms. The van der Waals surface area contributed by atoms with Crippen LogP contribution in [0, 0.1) is 13.8 Å². The third-order valence-electron chi connectivity index (χ3n) is 3.77. The van der Waals surface area contributed by atoms with Crippen molar-refractivity contribution < 1.29 is 9.21 Å². The molecule has 0 radical (unpaired) electrons. The number of amides is 1. The summed E-state index contributed by atoms with van der Waals surface area (Å²) in [6, 6.07) is 11.8. The Morgan fingerprint density at radius 2 is 2.00 bits per heavy atom. The number of fused-ring (bicyclic) bond motifs is 1. The lowest BCUT2D eigenvalue weighted by Crippen LogP contribution is -2.24. The number of furan rings is 1. The second kappa shape index (κ2) is 5.13. The first-order valence-corrected chi connectivity index (χ1v) is 6.95. The van der Waals surface area contributed by atoms with Gasteiger partial charge in [0.2, 0.25) is 0 Å². The summed E-state index contributed by atoms with van der Waals surface area (Å²) < 4.78 is 7.38. The van der Waals surface area contributed by atoms with E-state index in [4.69, 9.17) is 4.42 Å². The van der Waals surface area contributed by atoms with Crippen LogP contribution in [0.1, 0.15) is 27.6 Å². The Bertz CT molecular complexity index is 811. The number of nitrogens with one attached hydrogen (secondary N) is 1. The van der Waals surface area contributed by atoms with E-state index in [0.29, 0.717) is 12.2 Å². The third kappa shape index (κ3) is 2.44. The van der Waals surface area contributed by atoms with Crippen LogP contribution in [0.5, 0.6) is 0 Å². The summed E-state index contributed by atoms with van der Waals surface area (Å²) in [4.78, 5) is 12.4. The summed E-state index contributed by atoms with van der Waals surface area (Å²) in [5, 5.41) is 4.02. The Morgan fingerprint density at radius 3 is 2.67 bits per heavy atom. The highest BCUT2D eigenvalue weighted by Gasteiger charge is 2.13. The predicted octanol–water partition coefficient (Wildman–Crippen LogP) is 3.32. The SMILES string of the molecule is Cc1cc(CNC(=O)c2cc3ccccc3n2C)c(C)o1. The van der Waals surface area contributed by atoms with Gasteiger partial charge in [0.05, 0.1) is 0 Å². The summed E-state index contributed by atoms with van der Waals surface area (Å²) in [6.07, 6.45) is 0. The Morgan fingerprint density at radius 1 is 1.24 bits per heavy atom. The van der Waals surface area contributed by atoms with E-state index in [1.54, 1.807) is 0 Å². The molecule has 0 bridgehead atoms. The molecule has 0 aliphatic carbocycles. The van der Waals surface area contributed by atoms with Crippen molar-refractivity contribution >= 4 is 16.8 Å². The molecule has 3 aromatic rings. The van der Waals surface area contributed by atoms with Crippen molar-refractivity contribution in [2.24, 2.45) is 7.05 Å². The van der Waals surface area contributed by atoms with Gasteiger partial charge in [-0.25, -0.2) is 0 Å². The molecule has 0 unspecified atom stereocenters. The second-order valence-electron chi connectivity index (χ2n) is 5.27. The zero-order chi connectivity index (χ0) is 15.0. The quantitative estimate of drug-likeness (QED) is 0.801. The van der Waals surface area contributed by atoms with Crippen LogP contribution in [0.3, 0.4) is 0 Å². The number of para-hydroxylation sites is 1. The molecule has 0 spiro atoms. The summed E-state index contributed by atoms with van der Waals surface area (Å²) in [7, 11) is 1.91. The number of aryl methyl sites for hydroxylation is 3. The van der Waals surface area contributed by atoms with E-state index in [0.717, 1.165) is 28.0 Å². The minimum absolute atomic E-state index is 0.0769. The van der Waals surface area contributed by atoms with Gasteiger partial charge in [0, 0.05) is 30.1 Å². The van der Waals surface area contributed by atoms with Crippen molar-refractivity contribution in [1.82, 2.24) is 9.88 Å². The first-order valence-electron chi connectivity index (χ1n) is 6.95. The molecular weight excluding hydrogens is 264 g/mol. The van der Waals surface area contributed by atoms with Crippen molar-refractivity contribution in [3.8, 4) is 0 Å². The van der Waals surface area contributed by atoms with Gasteiger partial charge in [-0.05, 0) is 32.0 Å². The van der Waals surface area contributed by atoms with Gasteiger partial charge in [-0.1, -0.05) is 18.2 Å². The van der Waals surface area contributed by atoms with Gasteiger partial charge < -0.3 is 14.3 Å². The molecule has 3 rings (SSSR count). The first-order chi connectivity index (χ1) is 10.1. The minimum Gasteiger partial charge on any atom is -0.466 e. The number of nitrogens with zero attached hydrogens (tertiary/aromatic N) is 1. The molecule has 1 aromatic carbocycles. The van der Waals surface area contributed by atoms with Crippen LogP contribution < -0.4 is 5.32 Å². The maximum absolute atomic E-state index is 12.4. The highest BCUT2D eigenvalue weighted by molar-refractivity contribution is 5.98. The third-order valence-corrected chi connectivity index (χ3v) is 3.77. The Kier molecular flexibility index (Phi) is 3.29. The average molecular weight is 282 g/mol. The molecule has 0 aliphatic rings. The van der Waals surface area contributed by atoms with Gasteiger partial charge in [-0.2, -0.15) is 0 Å². The van der Waals surface area contributed by atoms with Crippen LogP contribution >= 0.6 is 0 Å². The van der Waals surface area contributed by atoms with Crippen LogP contribution in [0.4, 0.5) is 0 Å². The van der Waals surface area contributed by atoms with Crippen molar-refractivity contribution in [2.45, 2.75) is 20.4 Å². The summed E-state index contributed by atoms with van der Waals surface area (Å²) in [5.74, 6) is 1.64. The lowest BCUT2D eigenvalue weighted by Gasteiger charge is -2.06. The van der Waals surface area contributed by atoms with Gasteiger partial charge in [0.1, 0.15) is 17.2 Å². The number of aromatic nitrogens is 1. The van der Waals surface area contributed by atoms with E-state index < -0.39 is 0 Å². The predicted molar refractivity (Wildman–Crippen MR) is 82.3 cm³/mol. The number of hydrogen-bond acceptors (Lipinski definition) is 2. The highest BCUT2D eigenvalue weighted by Crippen LogP contribution is 2.18. The molecule has 0 fully saturated rings. The lowest BCUT2D eigenvalue weighted by molar-refractivity contribution is 0.0943. The summed E-state index contributed by atoms with van der Waals surface area (Å²) in [5.41, 5.74) is 2.73. The van der Waals surface area contributed by atoms with Crippen molar-refractivity contribution in [2.75, 3.05) is 0 Å². The zero-order valence-electron chi connectivity index (χ0n) is 12.4. The largest absolute Gasteiger partial charge is 0.466 e. The van der Waals surface area contributed by atoms with E-state index in [-0.39, 0.29) is 5.91 Å². The molecule has 1 N–H and O–H groups in total. The second-order valence-corrected chi connectivity index (χ2v) is 5.27. The van der Waals surface area contributed by atoms with Crippen molar-refractivity contribution in [1.29, 1.82) is 0 Å². The van der Waals surface area contributed by atoms with Crippen molar-refractivity contribution in [3.05, 3.63) is 59.2 Å². The van der Waals surface area contributed by atoms with Gasteiger partial charge in [0.25, 0.3) is 5.91 Å². The van der Waals surface area contributed by atoms with Crippen LogP contribution in [0.25, 0.3) is 10.9 Å². The van der Waals surface area contributed by atoms with Crippen LogP contribution in [-0.4, -0.2) is 10.5 Å². The molecule has 4 heteroatoms. The fraction of sp³-hybridized carbons (Fsp3) is 0.235. The molecule has 2 aromatic heterocycles. The number of benzene rings is 1. The molecule has 2 heterocycles. The normalized spacial score (nSPS) is 11.0. The monoisotopic (exact) mass is 282 g/mol. The Hall–Kier alpha value is -2.49. The van der Waals surface area contributed by atoms with Gasteiger partial charge in [0.15, 0.2) is 0 Å². The number of hydrogen-bond donors (Lipinski definition) is 1. The molecular formula is C17H18N2O2. The number of carbonyl (C=O) groups excluding carboxylic acids is 1. The van der Waals surface area contributed by atoms with Gasteiger partial charge in [-0.3, -0.25) is 4.79 Å². The van der Waals surface area contributed by atoms with E-state index in [9.17, 15) is 4.79 Å². The number of carbonyl (C=O) groups is 1. The smallest absolute Gasteiger partial charge is 0.268 e. The summed E-state index contributed by atoms with van der Waals surface area (Å²) >= 11 is 0. The molecule has 0 saturated heterocycles. The van der Waals surface area contributed by atoms with Crippen LogP contribution in [-0.2, 0) is 13.6 Å². The Labute approximate surface area is 123 Å². The average Bonchev–Trinajstić information content (AvgIpc) is 2.97. The minimum atomic E-state index is -0.0769. The van der Waals surface area contributed by atoms with E-state index in [1.165, 1.54) is 0 Å². The van der Waals surface area contributed by atoms with Gasteiger partial charge in [-0.15, -0.1) is 0 Å². The standard InChI is InChI=1S/C17H18N2O2/c1-11-8-14(12(2)21-11)10-18-17(20)16-9-13-6-4-5-7-15(13)19(16)3/h4-9H,10H2,1-3H3,(H,18,20). The topological polar surface area (TPSA) is 47.2 Å². The fourth-order valence-electron chi connectivity index (χ4n) is 2.63. The van der Waals surface area contributed by atoms with Crippen LogP contribution in [0.15, 0.2) is 40.8 Å². The fourth-order valence-corrected chi connectivity index (χ4v) is 2.63. The van der Waals surface area contributed by atoms with E-state index >= 15 is 0 Å². The van der Waals surface area contributed by atoms with E-state index in [2.05, 4.69) is 5.32 Å². The number of rotatable bonds is 3. The molecule has 0 saturated carbocycles. The highest BCUT2D eigenvalue weighted by atomic mass is 16.3. The molecule has 4 nitrogen and oxygen atoms in total. The lowest BCUT2D eigenvalue weighted by atomic mass is 10.2. The maximum Gasteiger partial charge on any atom is 0.268 e. The van der Waals surface area contributed by atoms with Crippen LogP contribution in [0.2, 0.25) is 0 Å². The zero-order valence-corrected chi connectivity index (χ0v) is 12.4. The van der Waals surface area contributed by atoms with Gasteiger partial charge >= 0.3 is 0 Å².